The standard InChI is InChI=1S/C17H21F2N3O2S/c1-10-11(2)22(7-8-24-4)17(20-10)25-12(3)16(23)21-15-9-13(18)5-6-14(15)19/h5-6,9,12H,7-8H2,1-4H3,(H,21,23). The Balaban J connectivity index is 2.11. The molecule has 1 atom stereocenters. The summed E-state index contributed by atoms with van der Waals surface area (Å²) in [7, 11) is 1.62. The third-order valence-corrected chi connectivity index (χ3v) is 4.87. The van der Waals surface area contributed by atoms with Crippen molar-refractivity contribution in [3.05, 3.63) is 41.2 Å². The number of carbonyl (C=O) groups excluding carboxylic acids is 1. The largest absolute Gasteiger partial charge is 0.383 e. The van der Waals surface area contributed by atoms with Crippen molar-refractivity contribution in [2.75, 3.05) is 19.0 Å². The normalized spacial score (nSPS) is 12.2. The first-order chi connectivity index (χ1) is 11.8. The van der Waals surface area contributed by atoms with E-state index in [2.05, 4.69) is 10.3 Å². The lowest BCUT2D eigenvalue weighted by molar-refractivity contribution is -0.115. The Morgan fingerprint density at radius 1 is 1.40 bits per heavy atom. The number of amides is 1. The Bertz CT molecular complexity index is 765. The summed E-state index contributed by atoms with van der Waals surface area (Å²) in [5.74, 6) is -1.72. The fourth-order valence-electron chi connectivity index (χ4n) is 2.20. The maximum atomic E-state index is 13.7. The van der Waals surface area contributed by atoms with Crippen LogP contribution in [0.15, 0.2) is 23.4 Å². The molecule has 0 aliphatic carbocycles. The predicted octanol–water partition coefficient (Wildman–Crippen LogP) is 3.54. The minimum atomic E-state index is -0.680. The topological polar surface area (TPSA) is 56.1 Å². The van der Waals surface area contributed by atoms with Gasteiger partial charge < -0.3 is 14.6 Å². The van der Waals surface area contributed by atoms with Gasteiger partial charge in [-0.05, 0) is 32.9 Å². The fourth-order valence-corrected chi connectivity index (χ4v) is 3.23. The summed E-state index contributed by atoms with van der Waals surface area (Å²) in [5.41, 5.74) is 1.71. The molecule has 0 saturated carbocycles. The van der Waals surface area contributed by atoms with Crippen molar-refractivity contribution in [3.63, 3.8) is 0 Å². The number of nitrogens with zero attached hydrogens (tertiary/aromatic N) is 2. The number of thioether (sulfide) groups is 1. The summed E-state index contributed by atoms with van der Waals surface area (Å²) in [4.78, 5) is 16.8. The zero-order valence-corrected chi connectivity index (χ0v) is 15.4. The molecular weight excluding hydrogens is 348 g/mol. The van der Waals surface area contributed by atoms with Gasteiger partial charge in [0, 0.05) is 25.4 Å². The molecule has 2 aromatic rings. The number of halogens is 2. The zero-order valence-electron chi connectivity index (χ0n) is 14.6. The molecule has 136 valence electrons. The highest BCUT2D eigenvalue weighted by Crippen LogP contribution is 2.26. The van der Waals surface area contributed by atoms with E-state index in [0.29, 0.717) is 18.3 Å². The quantitative estimate of drug-likeness (QED) is 0.759. The Morgan fingerprint density at radius 3 is 2.80 bits per heavy atom. The molecule has 5 nitrogen and oxygen atoms in total. The monoisotopic (exact) mass is 369 g/mol. The summed E-state index contributed by atoms with van der Waals surface area (Å²) < 4.78 is 34.0. The van der Waals surface area contributed by atoms with Gasteiger partial charge in [0.05, 0.1) is 23.2 Å². The van der Waals surface area contributed by atoms with Gasteiger partial charge in [0.1, 0.15) is 11.6 Å². The molecule has 1 aromatic heterocycles. The first-order valence-corrected chi connectivity index (χ1v) is 8.66. The van der Waals surface area contributed by atoms with Gasteiger partial charge in [-0.1, -0.05) is 11.8 Å². The van der Waals surface area contributed by atoms with Crippen LogP contribution in [-0.4, -0.2) is 34.4 Å². The molecule has 1 aromatic carbocycles. The fraction of sp³-hybridized carbons (Fsp3) is 0.412. The lowest BCUT2D eigenvalue weighted by Crippen LogP contribution is -2.23. The van der Waals surface area contributed by atoms with Crippen LogP contribution in [0.4, 0.5) is 14.5 Å². The molecule has 8 heteroatoms. The van der Waals surface area contributed by atoms with Gasteiger partial charge >= 0.3 is 0 Å². The summed E-state index contributed by atoms with van der Waals surface area (Å²) in [5, 5.41) is 2.57. The van der Waals surface area contributed by atoms with Gasteiger partial charge in [0.25, 0.3) is 0 Å². The predicted molar refractivity (Wildman–Crippen MR) is 93.9 cm³/mol. The van der Waals surface area contributed by atoms with E-state index < -0.39 is 22.8 Å². The van der Waals surface area contributed by atoms with E-state index in [1.807, 2.05) is 18.4 Å². The summed E-state index contributed by atoms with van der Waals surface area (Å²) >= 11 is 1.26. The maximum Gasteiger partial charge on any atom is 0.237 e. The van der Waals surface area contributed by atoms with Crippen LogP contribution in [0, 0.1) is 25.5 Å². The van der Waals surface area contributed by atoms with E-state index >= 15 is 0 Å². The first-order valence-electron chi connectivity index (χ1n) is 7.78. The SMILES string of the molecule is COCCn1c(SC(C)C(=O)Nc2cc(F)ccc2F)nc(C)c1C. The van der Waals surface area contributed by atoms with Crippen LogP contribution in [0.2, 0.25) is 0 Å². The lowest BCUT2D eigenvalue weighted by atomic mass is 10.3. The number of hydrogen-bond donors (Lipinski definition) is 1. The van der Waals surface area contributed by atoms with Gasteiger partial charge in [-0.2, -0.15) is 0 Å². The molecule has 0 spiro atoms. The number of nitrogens with one attached hydrogen (secondary N) is 1. The lowest BCUT2D eigenvalue weighted by Gasteiger charge is -2.14. The molecule has 1 heterocycles. The first kappa shape index (κ1) is 19.4. The van der Waals surface area contributed by atoms with E-state index in [1.165, 1.54) is 11.8 Å². The Labute approximate surface area is 149 Å². The van der Waals surface area contributed by atoms with E-state index in [-0.39, 0.29) is 5.69 Å². The molecule has 0 aliphatic heterocycles. The molecule has 0 aliphatic rings. The van der Waals surface area contributed by atoms with E-state index in [9.17, 15) is 13.6 Å². The van der Waals surface area contributed by atoms with Crippen molar-refractivity contribution in [1.82, 2.24) is 9.55 Å². The second-order valence-corrected chi connectivity index (χ2v) is 6.89. The highest BCUT2D eigenvalue weighted by molar-refractivity contribution is 8.00. The van der Waals surface area contributed by atoms with E-state index in [0.717, 1.165) is 29.6 Å². The summed E-state index contributed by atoms with van der Waals surface area (Å²) in [6.45, 7) is 6.69. The molecule has 1 N–H and O–H groups in total. The Morgan fingerprint density at radius 2 is 2.12 bits per heavy atom. The van der Waals surface area contributed by atoms with Crippen LogP contribution >= 0.6 is 11.8 Å². The molecule has 25 heavy (non-hydrogen) atoms. The average molecular weight is 369 g/mol. The molecule has 0 bridgehead atoms. The number of anilines is 1. The van der Waals surface area contributed by atoms with Gasteiger partial charge in [-0.15, -0.1) is 0 Å². The van der Waals surface area contributed by atoms with Crippen molar-refractivity contribution in [1.29, 1.82) is 0 Å². The summed E-state index contributed by atoms with van der Waals surface area (Å²) in [6.07, 6.45) is 0. The number of hydrogen-bond acceptors (Lipinski definition) is 4. The highest BCUT2D eigenvalue weighted by atomic mass is 32.2. The zero-order chi connectivity index (χ0) is 18.6. The number of rotatable bonds is 7. The second-order valence-electron chi connectivity index (χ2n) is 5.58. The van der Waals surface area contributed by atoms with Gasteiger partial charge in [-0.25, -0.2) is 13.8 Å². The molecule has 1 amide bonds. The number of aromatic nitrogens is 2. The smallest absolute Gasteiger partial charge is 0.237 e. The number of benzene rings is 1. The minimum absolute atomic E-state index is 0.174. The van der Waals surface area contributed by atoms with E-state index in [1.54, 1.807) is 14.0 Å². The second kappa shape index (κ2) is 8.44. The van der Waals surface area contributed by atoms with Crippen LogP contribution in [-0.2, 0) is 16.1 Å². The third kappa shape index (κ3) is 4.79. The van der Waals surface area contributed by atoms with Gasteiger partial charge in [0.15, 0.2) is 5.16 Å². The van der Waals surface area contributed by atoms with Crippen LogP contribution in [0.25, 0.3) is 0 Å². The van der Waals surface area contributed by atoms with Crippen molar-refractivity contribution < 1.29 is 18.3 Å². The van der Waals surface area contributed by atoms with E-state index in [4.69, 9.17) is 4.74 Å². The average Bonchev–Trinajstić information content (AvgIpc) is 2.83. The van der Waals surface area contributed by atoms with Crippen molar-refractivity contribution in [2.24, 2.45) is 0 Å². The number of aryl methyl sites for hydroxylation is 1. The minimum Gasteiger partial charge on any atom is -0.383 e. The van der Waals surface area contributed by atoms with Crippen LogP contribution in [0.1, 0.15) is 18.3 Å². The molecular formula is C17H21F2N3O2S. The van der Waals surface area contributed by atoms with Crippen molar-refractivity contribution in [2.45, 2.75) is 37.7 Å². The maximum absolute atomic E-state index is 13.7. The molecule has 0 radical (unpaired) electrons. The van der Waals surface area contributed by atoms with Crippen LogP contribution < -0.4 is 5.32 Å². The summed E-state index contributed by atoms with van der Waals surface area (Å²) in [6, 6.07) is 2.94. The third-order valence-electron chi connectivity index (χ3n) is 3.78. The number of carbonyl (C=O) groups is 1. The molecule has 1 unspecified atom stereocenters. The molecule has 0 fully saturated rings. The van der Waals surface area contributed by atoms with Crippen LogP contribution in [0.3, 0.4) is 0 Å². The van der Waals surface area contributed by atoms with Crippen LogP contribution in [0.5, 0.6) is 0 Å². The number of methoxy groups -OCH3 is 1. The highest BCUT2D eigenvalue weighted by Gasteiger charge is 2.20. The Hall–Kier alpha value is -1.93. The van der Waals surface area contributed by atoms with Gasteiger partial charge in [-0.3, -0.25) is 4.79 Å². The van der Waals surface area contributed by atoms with Crippen molar-refractivity contribution in [3.8, 4) is 0 Å². The van der Waals surface area contributed by atoms with Gasteiger partial charge in [0.2, 0.25) is 5.91 Å². The molecule has 0 saturated heterocycles. The molecule has 2 rings (SSSR count). The van der Waals surface area contributed by atoms with Crippen molar-refractivity contribution >= 4 is 23.4 Å². The number of ether oxygens (including phenoxy) is 1. The Kier molecular flexibility index (Phi) is 6.55. The number of imidazole rings is 1.